The predicted molar refractivity (Wildman–Crippen MR) is 30.6 cm³/mol. The summed E-state index contributed by atoms with van der Waals surface area (Å²) in [6.45, 7) is 0.727. The van der Waals surface area contributed by atoms with E-state index in [0.717, 1.165) is 6.54 Å². The molecule has 51 valence electrons. The summed E-state index contributed by atoms with van der Waals surface area (Å²) < 4.78 is 24.1. The van der Waals surface area contributed by atoms with Crippen molar-refractivity contribution in [3.8, 4) is 0 Å². The van der Waals surface area contributed by atoms with Crippen LogP contribution in [0.3, 0.4) is 0 Å². The molecule has 0 spiro atoms. The SMILES string of the molecule is O=C=C1[CH]N=C(F)N=C1F. The largest absolute Gasteiger partial charge is 0.307 e. The third-order valence-electron chi connectivity index (χ3n) is 0.823. The average molecular weight is 143 g/mol. The third-order valence-corrected chi connectivity index (χ3v) is 0.823. The number of halogens is 2. The number of carbonyl (C=O) groups excluding carboxylic acids is 1. The molecule has 1 radical (unpaired) electrons. The maximum Gasteiger partial charge on any atom is 0.307 e. The maximum absolute atomic E-state index is 12.2. The Balaban J connectivity index is 2.99. The molecule has 0 bridgehead atoms. The van der Waals surface area contributed by atoms with Gasteiger partial charge >= 0.3 is 6.09 Å². The Kier molecular flexibility index (Phi) is 1.69. The Labute approximate surface area is 54.8 Å². The van der Waals surface area contributed by atoms with Crippen molar-refractivity contribution in [3.63, 3.8) is 0 Å². The van der Waals surface area contributed by atoms with Crippen molar-refractivity contribution in [2.75, 3.05) is 0 Å². The van der Waals surface area contributed by atoms with Crippen molar-refractivity contribution >= 4 is 18.0 Å². The molecule has 0 saturated heterocycles. The Morgan fingerprint density at radius 1 is 1.50 bits per heavy atom. The van der Waals surface area contributed by atoms with Crippen LogP contribution in [0.1, 0.15) is 0 Å². The minimum Gasteiger partial charge on any atom is -0.233 e. The lowest BCUT2D eigenvalue weighted by Crippen LogP contribution is -2.05. The molecule has 0 aliphatic carbocycles. The lowest BCUT2D eigenvalue weighted by molar-refractivity contribution is 0.567. The van der Waals surface area contributed by atoms with E-state index in [2.05, 4.69) is 9.98 Å². The lowest BCUT2D eigenvalue weighted by Gasteiger charge is -1.98. The van der Waals surface area contributed by atoms with Crippen molar-refractivity contribution in [2.24, 2.45) is 9.98 Å². The van der Waals surface area contributed by atoms with Crippen LogP contribution in [0.5, 0.6) is 0 Å². The summed E-state index contributed by atoms with van der Waals surface area (Å²) in [5, 5.41) is 0. The molecule has 10 heavy (non-hydrogen) atoms. The second-order valence-electron chi connectivity index (χ2n) is 1.45. The van der Waals surface area contributed by atoms with Crippen molar-refractivity contribution in [1.82, 2.24) is 0 Å². The van der Waals surface area contributed by atoms with Crippen LogP contribution >= 0.6 is 0 Å². The molecule has 1 aliphatic heterocycles. The van der Waals surface area contributed by atoms with Crippen LogP contribution in [0, 0.1) is 6.54 Å². The Bertz CT molecular complexity index is 263. The molecular weight excluding hydrogens is 142 g/mol. The molecule has 0 aromatic rings. The summed E-state index contributed by atoms with van der Waals surface area (Å²) in [5.41, 5.74) is -0.471. The zero-order valence-corrected chi connectivity index (χ0v) is 4.64. The fourth-order valence-electron chi connectivity index (χ4n) is 0.410. The highest BCUT2D eigenvalue weighted by Crippen LogP contribution is 2.08. The summed E-state index contributed by atoms with van der Waals surface area (Å²) in [6.07, 6.45) is -1.20. The van der Waals surface area contributed by atoms with Crippen LogP contribution in [0.4, 0.5) is 8.78 Å². The van der Waals surface area contributed by atoms with Crippen LogP contribution in [-0.4, -0.2) is 18.0 Å². The van der Waals surface area contributed by atoms with Gasteiger partial charge < -0.3 is 0 Å². The van der Waals surface area contributed by atoms with Crippen LogP contribution in [0.2, 0.25) is 0 Å². The molecule has 0 aromatic heterocycles. The van der Waals surface area contributed by atoms with E-state index in [1.54, 1.807) is 0 Å². The monoisotopic (exact) mass is 143 g/mol. The Morgan fingerprint density at radius 2 is 2.20 bits per heavy atom. The standard InChI is InChI=1S/C5HF2N2O/c6-4-3(2-10)1-8-5(7)9-4/h1H. The first-order valence-corrected chi connectivity index (χ1v) is 2.30. The number of amidine groups is 1. The summed E-state index contributed by atoms with van der Waals surface area (Å²) in [5.74, 6) is 0.0137. The zero-order valence-electron chi connectivity index (χ0n) is 4.64. The summed E-state index contributed by atoms with van der Waals surface area (Å²) in [7, 11) is 0. The van der Waals surface area contributed by atoms with E-state index in [1.165, 1.54) is 5.94 Å². The van der Waals surface area contributed by atoms with Gasteiger partial charge in [0.05, 0.1) is 0 Å². The highest BCUT2D eigenvalue weighted by Gasteiger charge is 2.14. The first-order valence-electron chi connectivity index (χ1n) is 2.30. The number of aliphatic imine (C=N–C) groups is 2. The van der Waals surface area contributed by atoms with Crippen molar-refractivity contribution in [2.45, 2.75) is 0 Å². The van der Waals surface area contributed by atoms with Gasteiger partial charge in [0.25, 0.3) is 0 Å². The smallest absolute Gasteiger partial charge is 0.233 e. The van der Waals surface area contributed by atoms with Gasteiger partial charge in [0.2, 0.25) is 5.97 Å². The highest BCUT2D eigenvalue weighted by atomic mass is 19.1. The molecule has 0 atom stereocenters. The molecule has 1 rings (SSSR count). The van der Waals surface area contributed by atoms with Crippen molar-refractivity contribution in [3.05, 3.63) is 12.1 Å². The molecular formula is C5HF2N2O. The van der Waals surface area contributed by atoms with Crippen LogP contribution in [0.15, 0.2) is 15.6 Å². The van der Waals surface area contributed by atoms with Gasteiger partial charge in [-0.3, -0.25) is 0 Å². The van der Waals surface area contributed by atoms with Gasteiger partial charge in [-0.1, -0.05) is 0 Å². The molecule has 1 heterocycles. The third kappa shape index (κ3) is 1.14. The van der Waals surface area contributed by atoms with E-state index in [1.807, 2.05) is 0 Å². The second-order valence-corrected chi connectivity index (χ2v) is 1.45. The molecule has 0 N–H and O–H groups in total. The minimum atomic E-state index is -1.20. The number of nitrogens with zero attached hydrogens (tertiary/aromatic N) is 2. The van der Waals surface area contributed by atoms with Gasteiger partial charge in [-0.2, -0.15) is 13.8 Å². The summed E-state index contributed by atoms with van der Waals surface area (Å²) in [4.78, 5) is 15.3. The van der Waals surface area contributed by atoms with Gasteiger partial charge in [0.1, 0.15) is 18.1 Å². The van der Waals surface area contributed by atoms with E-state index in [0.29, 0.717) is 0 Å². The molecule has 0 saturated carbocycles. The molecule has 0 unspecified atom stereocenters. The molecule has 0 fully saturated rings. The van der Waals surface area contributed by atoms with E-state index in [-0.39, 0.29) is 0 Å². The molecule has 0 aromatic carbocycles. The van der Waals surface area contributed by atoms with E-state index >= 15 is 0 Å². The van der Waals surface area contributed by atoms with Gasteiger partial charge in [-0.05, 0) is 0 Å². The number of hydrogen-bond donors (Lipinski definition) is 0. The predicted octanol–water partition coefficient (Wildman–Crippen LogP) is 0.613. The lowest BCUT2D eigenvalue weighted by atomic mass is 10.3. The number of rotatable bonds is 0. The van der Waals surface area contributed by atoms with Crippen LogP contribution < -0.4 is 0 Å². The summed E-state index contributed by atoms with van der Waals surface area (Å²) >= 11 is 0. The quantitative estimate of drug-likeness (QED) is 0.362. The highest BCUT2D eigenvalue weighted by molar-refractivity contribution is 6.08. The van der Waals surface area contributed by atoms with Crippen LogP contribution in [0.25, 0.3) is 0 Å². The second kappa shape index (κ2) is 2.49. The Morgan fingerprint density at radius 3 is 2.70 bits per heavy atom. The fourth-order valence-corrected chi connectivity index (χ4v) is 0.410. The maximum atomic E-state index is 12.2. The molecule has 5 heteroatoms. The van der Waals surface area contributed by atoms with Gasteiger partial charge in [0.15, 0.2) is 0 Å². The Hall–Kier alpha value is -1.35. The average Bonchev–Trinajstić information content (AvgIpc) is 1.88. The topological polar surface area (TPSA) is 41.8 Å². The summed E-state index contributed by atoms with van der Waals surface area (Å²) in [6, 6.07) is 0. The normalized spacial score (nSPS) is 17.6. The molecule has 0 amide bonds. The first-order chi connectivity index (χ1) is 4.74. The van der Waals surface area contributed by atoms with Gasteiger partial charge in [-0.15, -0.1) is 0 Å². The van der Waals surface area contributed by atoms with Gasteiger partial charge in [-0.25, -0.2) is 9.79 Å². The van der Waals surface area contributed by atoms with Gasteiger partial charge in [0, 0.05) is 0 Å². The molecule has 1 aliphatic rings. The van der Waals surface area contributed by atoms with E-state index in [9.17, 15) is 13.6 Å². The zero-order chi connectivity index (χ0) is 7.56. The number of hydrogen-bond acceptors (Lipinski definition) is 3. The molecule has 3 nitrogen and oxygen atoms in total. The van der Waals surface area contributed by atoms with Crippen molar-refractivity contribution < 1.29 is 13.6 Å². The van der Waals surface area contributed by atoms with E-state index < -0.39 is 17.6 Å². The van der Waals surface area contributed by atoms with Crippen molar-refractivity contribution in [1.29, 1.82) is 0 Å². The van der Waals surface area contributed by atoms with E-state index in [4.69, 9.17) is 0 Å². The first kappa shape index (κ1) is 6.77. The fraction of sp³-hybridized carbons (Fsp3) is 0. The van der Waals surface area contributed by atoms with Crippen LogP contribution in [-0.2, 0) is 4.79 Å². The minimum absolute atomic E-state index is 0.471.